The predicted molar refractivity (Wildman–Crippen MR) is 46.6 cm³/mol. The average Bonchev–Trinajstić information content (AvgIpc) is 2.06. The molecular weight excluding hydrogens is 195 g/mol. The molecule has 1 aromatic rings. The molecule has 0 heterocycles. The Balaban J connectivity index is 2.43. The number of nitrogens with two attached hydrogens (primary N) is 1. The molecule has 0 aliphatic rings. The van der Waals surface area contributed by atoms with Gasteiger partial charge in [0.05, 0.1) is 6.61 Å². The molecule has 0 aromatic heterocycles. The van der Waals surface area contributed by atoms with Crippen LogP contribution < -0.4 is 5.73 Å². The topological polar surface area (TPSA) is 35.2 Å². The van der Waals surface area contributed by atoms with E-state index in [1.165, 1.54) is 0 Å². The van der Waals surface area contributed by atoms with Crippen molar-refractivity contribution < 1.29 is 17.9 Å². The maximum absolute atomic E-state index is 11.7. The van der Waals surface area contributed by atoms with Gasteiger partial charge < -0.3 is 10.5 Å². The first-order valence-corrected chi connectivity index (χ1v) is 3.97. The molecule has 0 unspecified atom stereocenters. The lowest BCUT2D eigenvalue weighted by molar-refractivity contribution is -0.176. The lowest BCUT2D eigenvalue weighted by atomic mass is 10.2. The number of ether oxygens (including phenoxy) is 1. The van der Waals surface area contributed by atoms with Crippen LogP contribution in [0, 0.1) is 0 Å². The zero-order valence-electron chi connectivity index (χ0n) is 7.34. The molecule has 1 rings (SSSR count). The molecule has 2 N–H and O–H groups in total. The lowest BCUT2D eigenvalue weighted by Crippen LogP contribution is -2.16. The summed E-state index contributed by atoms with van der Waals surface area (Å²) < 4.78 is 39.6. The van der Waals surface area contributed by atoms with Gasteiger partial charge in [-0.15, -0.1) is 0 Å². The molecule has 0 radical (unpaired) electrons. The second-order valence-electron chi connectivity index (χ2n) is 2.81. The molecule has 0 fully saturated rings. The highest BCUT2D eigenvalue weighted by Gasteiger charge is 2.27. The summed E-state index contributed by atoms with van der Waals surface area (Å²) in [6.45, 7) is -1.37. The molecule has 78 valence electrons. The number of nitrogen functional groups attached to an aromatic ring is 1. The van der Waals surface area contributed by atoms with Gasteiger partial charge in [0, 0.05) is 11.3 Å². The van der Waals surface area contributed by atoms with Crippen LogP contribution in [0.2, 0.25) is 0 Å². The van der Waals surface area contributed by atoms with Gasteiger partial charge in [0.2, 0.25) is 0 Å². The van der Waals surface area contributed by atoms with Crippen molar-refractivity contribution in [3.63, 3.8) is 0 Å². The summed E-state index contributed by atoms with van der Waals surface area (Å²) in [5.74, 6) is 0. The summed E-state index contributed by atoms with van der Waals surface area (Å²) in [6, 6.07) is 6.66. The first-order chi connectivity index (χ1) is 6.49. The van der Waals surface area contributed by atoms with Crippen molar-refractivity contribution in [2.75, 3.05) is 12.3 Å². The SMILES string of the molecule is Nc1ccccc1COCC(F)(F)F. The van der Waals surface area contributed by atoms with E-state index < -0.39 is 12.8 Å². The van der Waals surface area contributed by atoms with Gasteiger partial charge in [-0.2, -0.15) is 13.2 Å². The first-order valence-electron chi connectivity index (χ1n) is 3.97. The first kappa shape index (κ1) is 10.8. The molecule has 5 heteroatoms. The van der Waals surface area contributed by atoms with Crippen molar-refractivity contribution in [2.24, 2.45) is 0 Å². The number of alkyl halides is 3. The van der Waals surface area contributed by atoms with Crippen LogP contribution in [0.25, 0.3) is 0 Å². The van der Waals surface area contributed by atoms with E-state index in [1.54, 1.807) is 24.3 Å². The molecule has 1 aromatic carbocycles. The van der Waals surface area contributed by atoms with Crippen LogP contribution in [-0.2, 0) is 11.3 Å². The molecule has 0 saturated carbocycles. The zero-order chi connectivity index (χ0) is 10.6. The third-order valence-corrected chi connectivity index (χ3v) is 1.58. The summed E-state index contributed by atoms with van der Waals surface area (Å²) in [4.78, 5) is 0. The number of hydrogen-bond donors (Lipinski definition) is 1. The smallest absolute Gasteiger partial charge is 0.398 e. The van der Waals surface area contributed by atoms with Crippen LogP contribution in [0.4, 0.5) is 18.9 Å². The highest BCUT2D eigenvalue weighted by Crippen LogP contribution is 2.17. The standard InChI is InChI=1S/C9H10F3NO/c10-9(11,12)6-14-5-7-3-1-2-4-8(7)13/h1-4H,5-6,13H2. The number of rotatable bonds is 3. The largest absolute Gasteiger partial charge is 0.411 e. The van der Waals surface area contributed by atoms with E-state index in [4.69, 9.17) is 5.73 Å². The molecule has 0 atom stereocenters. The fourth-order valence-corrected chi connectivity index (χ4v) is 0.942. The minimum atomic E-state index is -4.29. The van der Waals surface area contributed by atoms with Crippen molar-refractivity contribution in [1.82, 2.24) is 0 Å². The van der Waals surface area contributed by atoms with Gasteiger partial charge in [-0.3, -0.25) is 0 Å². The molecule has 14 heavy (non-hydrogen) atoms. The fraction of sp³-hybridized carbons (Fsp3) is 0.333. The molecular formula is C9H10F3NO. The third-order valence-electron chi connectivity index (χ3n) is 1.58. The van der Waals surface area contributed by atoms with E-state index in [-0.39, 0.29) is 6.61 Å². The molecule has 0 aliphatic heterocycles. The van der Waals surface area contributed by atoms with E-state index in [2.05, 4.69) is 4.74 Å². The Morgan fingerprint density at radius 2 is 1.86 bits per heavy atom. The fourth-order valence-electron chi connectivity index (χ4n) is 0.942. The van der Waals surface area contributed by atoms with Crippen LogP contribution in [0.1, 0.15) is 5.56 Å². The van der Waals surface area contributed by atoms with Crippen LogP contribution >= 0.6 is 0 Å². The van der Waals surface area contributed by atoms with E-state index in [1.807, 2.05) is 0 Å². The van der Waals surface area contributed by atoms with E-state index in [9.17, 15) is 13.2 Å². The van der Waals surface area contributed by atoms with Gasteiger partial charge in [-0.1, -0.05) is 18.2 Å². The van der Waals surface area contributed by atoms with Crippen LogP contribution in [0.15, 0.2) is 24.3 Å². The van der Waals surface area contributed by atoms with Gasteiger partial charge in [0.15, 0.2) is 0 Å². The minimum absolute atomic E-state index is 0.119. The second kappa shape index (κ2) is 4.32. The summed E-state index contributed by atoms with van der Waals surface area (Å²) in [5, 5.41) is 0. The van der Waals surface area contributed by atoms with Crippen molar-refractivity contribution in [3.05, 3.63) is 29.8 Å². The van der Waals surface area contributed by atoms with Crippen LogP contribution in [0.5, 0.6) is 0 Å². The molecule has 0 spiro atoms. The third kappa shape index (κ3) is 3.66. The highest BCUT2D eigenvalue weighted by atomic mass is 19.4. The highest BCUT2D eigenvalue weighted by molar-refractivity contribution is 5.45. The Bertz CT molecular complexity index is 298. The summed E-state index contributed by atoms with van der Waals surface area (Å²) in [6.07, 6.45) is -4.29. The maximum atomic E-state index is 11.7. The summed E-state index contributed by atoms with van der Waals surface area (Å²) in [7, 11) is 0. The Morgan fingerprint density at radius 3 is 2.43 bits per heavy atom. The average molecular weight is 205 g/mol. The number of anilines is 1. The molecule has 0 saturated heterocycles. The molecule has 0 aliphatic carbocycles. The zero-order valence-corrected chi connectivity index (χ0v) is 7.34. The number of benzene rings is 1. The van der Waals surface area contributed by atoms with Crippen molar-refractivity contribution in [3.8, 4) is 0 Å². The second-order valence-corrected chi connectivity index (χ2v) is 2.81. The number of para-hydroxylation sites is 1. The molecule has 2 nitrogen and oxygen atoms in total. The van der Waals surface area contributed by atoms with E-state index >= 15 is 0 Å². The Labute approximate surface area is 79.5 Å². The van der Waals surface area contributed by atoms with Crippen molar-refractivity contribution in [2.45, 2.75) is 12.8 Å². The number of hydrogen-bond acceptors (Lipinski definition) is 2. The summed E-state index contributed by atoms with van der Waals surface area (Å²) in [5.41, 5.74) is 6.52. The lowest BCUT2D eigenvalue weighted by Gasteiger charge is -2.08. The summed E-state index contributed by atoms with van der Waals surface area (Å²) >= 11 is 0. The quantitative estimate of drug-likeness (QED) is 0.768. The van der Waals surface area contributed by atoms with Crippen molar-refractivity contribution >= 4 is 5.69 Å². The normalized spacial score (nSPS) is 11.6. The van der Waals surface area contributed by atoms with Gasteiger partial charge >= 0.3 is 6.18 Å². The van der Waals surface area contributed by atoms with Gasteiger partial charge in [-0.25, -0.2) is 0 Å². The molecule has 0 bridgehead atoms. The Morgan fingerprint density at radius 1 is 1.21 bits per heavy atom. The Hall–Kier alpha value is -1.23. The Kier molecular flexibility index (Phi) is 3.35. The van der Waals surface area contributed by atoms with E-state index in [0.29, 0.717) is 11.3 Å². The molecule has 0 amide bonds. The minimum Gasteiger partial charge on any atom is -0.398 e. The van der Waals surface area contributed by atoms with Crippen molar-refractivity contribution in [1.29, 1.82) is 0 Å². The maximum Gasteiger partial charge on any atom is 0.411 e. The van der Waals surface area contributed by atoms with E-state index in [0.717, 1.165) is 0 Å². The van der Waals surface area contributed by atoms with Gasteiger partial charge in [-0.05, 0) is 6.07 Å². The van der Waals surface area contributed by atoms with Crippen LogP contribution in [0.3, 0.4) is 0 Å². The van der Waals surface area contributed by atoms with Gasteiger partial charge in [0.25, 0.3) is 0 Å². The van der Waals surface area contributed by atoms with Crippen LogP contribution in [-0.4, -0.2) is 12.8 Å². The predicted octanol–water partition coefficient (Wildman–Crippen LogP) is 2.35. The monoisotopic (exact) mass is 205 g/mol. The van der Waals surface area contributed by atoms with Gasteiger partial charge in [0.1, 0.15) is 6.61 Å². The number of halogens is 3.